The quantitative estimate of drug-likeness (QED) is 0.202. The molecule has 0 amide bonds. The van der Waals surface area contributed by atoms with E-state index in [0.717, 1.165) is 18.5 Å². The fraction of sp³-hybridized carbons (Fsp3) is 0.0476. The number of aromatic nitrogens is 2. The first kappa shape index (κ1) is 24.9. The van der Waals surface area contributed by atoms with E-state index in [2.05, 4.69) is 167 Å². The molecule has 1 aliphatic carbocycles. The second-order valence-corrected chi connectivity index (χ2v) is 11.7. The minimum absolute atomic E-state index is 1.07. The first-order chi connectivity index (χ1) is 21.8. The van der Waals surface area contributed by atoms with E-state index in [1.807, 2.05) is 0 Å². The van der Waals surface area contributed by atoms with Crippen LogP contribution < -0.4 is 0 Å². The van der Waals surface area contributed by atoms with Crippen molar-refractivity contribution in [1.82, 2.24) is 9.13 Å². The number of allylic oxidation sites excluding steroid dienone is 1. The Hall–Kier alpha value is -5.60. The summed E-state index contributed by atoms with van der Waals surface area (Å²) >= 11 is 0. The van der Waals surface area contributed by atoms with E-state index in [4.69, 9.17) is 0 Å². The zero-order valence-corrected chi connectivity index (χ0v) is 24.3. The first-order valence-electron chi connectivity index (χ1n) is 15.4. The average Bonchev–Trinajstić information content (AvgIpc) is 3.62. The van der Waals surface area contributed by atoms with Crippen molar-refractivity contribution in [1.29, 1.82) is 0 Å². The van der Waals surface area contributed by atoms with Crippen molar-refractivity contribution in [3.63, 3.8) is 0 Å². The lowest BCUT2D eigenvalue weighted by Crippen LogP contribution is -2.03. The van der Waals surface area contributed by atoms with E-state index >= 15 is 0 Å². The Balaban J connectivity index is 1.40. The molecule has 2 nitrogen and oxygen atoms in total. The number of fused-ring (bicyclic) bond motifs is 6. The Morgan fingerprint density at radius 2 is 0.955 bits per heavy atom. The molecule has 208 valence electrons. The minimum atomic E-state index is 1.07. The van der Waals surface area contributed by atoms with Gasteiger partial charge in [0.2, 0.25) is 0 Å². The van der Waals surface area contributed by atoms with Crippen LogP contribution in [0.2, 0.25) is 0 Å². The summed E-state index contributed by atoms with van der Waals surface area (Å²) in [5.41, 5.74) is 13.6. The molecule has 0 saturated carbocycles. The molecule has 44 heavy (non-hydrogen) atoms. The number of benzene rings is 6. The molecule has 0 N–H and O–H groups in total. The van der Waals surface area contributed by atoms with E-state index in [9.17, 15) is 0 Å². The Morgan fingerprint density at radius 1 is 0.432 bits per heavy atom. The molecule has 2 heteroatoms. The van der Waals surface area contributed by atoms with E-state index in [1.165, 1.54) is 71.9 Å². The second kappa shape index (κ2) is 10.00. The van der Waals surface area contributed by atoms with Crippen molar-refractivity contribution in [3.8, 4) is 33.6 Å². The molecule has 2 heterocycles. The van der Waals surface area contributed by atoms with Crippen LogP contribution >= 0.6 is 0 Å². The highest BCUT2D eigenvalue weighted by molar-refractivity contribution is 6.09. The second-order valence-electron chi connectivity index (χ2n) is 11.7. The summed E-state index contributed by atoms with van der Waals surface area (Å²) in [7, 11) is 0. The molecular formula is C42H30N2. The van der Waals surface area contributed by atoms with Crippen LogP contribution in [0.1, 0.15) is 17.7 Å². The van der Waals surface area contributed by atoms with E-state index in [1.54, 1.807) is 0 Å². The predicted octanol–water partition coefficient (Wildman–Crippen LogP) is 11.0. The van der Waals surface area contributed by atoms with Crippen molar-refractivity contribution >= 4 is 38.8 Å². The maximum atomic E-state index is 2.48. The molecule has 0 bridgehead atoms. The van der Waals surface area contributed by atoms with Gasteiger partial charge in [0.1, 0.15) is 0 Å². The van der Waals surface area contributed by atoms with Crippen LogP contribution in [-0.2, 0) is 6.42 Å². The van der Waals surface area contributed by atoms with Crippen molar-refractivity contribution < 1.29 is 0 Å². The Kier molecular flexibility index (Phi) is 5.67. The zero-order valence-electron chi connectivity index (χ0n) is 24.3. The van der Waals surface area contributed by atoms with Gasteiger partial charge in [-0.2, -0.15) is 0 Å². The zero-order chi connectivity index (χ0) is 29.0. The summed E-state index contributed by atoms with van der Waals surface area (Å²) in [5, 5.41) is 3.89. The third kappa shape index (κ3) is 3.81. The number of aryl methyl sites for hydroxylation is 1. The van der Waals surface area contributed by atoms with Crippen LogP contribution in [0.5, 0.6) is 0 Å². The SMILES string of the molecule is C1=Cc2c(c3ccccc3n2-c2cc(-c3ccccc3-c3ccccc3)cc(-n3c4ccccc4c4ccccc43)c2)CC1. The lowest BCUT2D eigenvalue weighted by Gasteiger charge is -2.18. The molecular weight excluding hydrogens is 532 g/mol. The molecule has 0 spiro atoms. The third-order valence-corrected chi connectivity index (χ3v) is 9.18. The fourth-order valence-electron chi connectivity index (χ4n) is 7.28. The van der Waals surface area contributed by atoms with Gasteiger partial charge in [-0.3, -0.25) is 0 Å². The largest absolute Gasteiger partial charge is 0.309 e. The maximum absolute atomic E-state index is 2.48. The monoisotopic (exact) mass is 562 g/mol. The maximum Gasteiger partial charge on any atom is 0.0541 e. The number of para-hydroxylation sites is 3. The van der Waals surface area contributed by atoms with Gasteiger partial charge in [-0.05, 0) is 83.1 Å². The van der Waals surface area contributed by atoms with Crippen LogP contribution in [0.15, 0.2) is 152 Å². The highest BCUT2D eigenvalue weighted by atomic mass is 15.0. The van der Waals surface area contributed by atoms with E-state index in [0.29, 0.717) is 0 Å². The summed E-state index contributed by atoms with van der Waals surface area (Å²) in [5.74, 6) is 0. The standard InChI is InChI=1S/C42H30N2/c1-2-14-29(15-3-1)33-16-4-5-17-34(33)30-26-31(43-39-22-10-6-18-35(39)36-19-7-11-23-40(36)43)28-32(27-30)44-41-24-12-8-20-37(41)38-21-9-13-25-42(38)44/h1-8,10-20,22-28H,9,21H2. The van der Waals surface area contributed by atoms with Crippen molar-refractivity contribution in [2.75, 3.05) is 0 Å². The van der Waals surface area contributed by atoms with Gasteiger partial charge < -0.3 is 9.13 Å². The van der Waals surface area contributed by atoms with Gasteiger partial charge in [-0.1, -0.05) is 115 Å². The minimum Gasteiger partial charge on any atom is -0.309 e. The number of hydrogen-bond acceptors (Lipinski definition) is 0. The Morgan fingerprint density at radius 3 is 1.64 bits per heavy atom. The molecule has 0 fully saturated rings. The highest BCUT2D eigenvalue weighted by Crippen LogP contribution is 2.40. The summed E-state index contributed by atoms with van der Waals surface area (Å²) in [6.45, 7) is 0. The number of nitrogens with zero attached hydrogens (tertiary/aromatic N) is 2. The molecule has 0 unspecified atom stereocenters. The number of rotatable bonds is 4. The van der Waals surface area contributed by atoms with Crippen LogP contribution in [0.4, 0.5) is 0 Å². The van der Waals surface area contributed by atoms with Gasteiger partial charge in [-0.15, -0.1) is 0 Å². The molecule has 0 aliphatic heterocycles. The normalized spacial score (nSPS) is 12.7. The van der Waals surface area contributed by atoms with Crippen LogP contribution in [0.3, 0.4) is 0 Å². The van der Waals surface area contributed by atoms with Gasteiger partial charge in [0, 0.05) is 33.2 Å². The molecule has 0 atom stereocenters. The van der Waals surface area contributed by atoms with Crippen molar-refractivity contribution in [2.24, 2.45) is 0 Å². The smallest absolute Gasteiger partial charge is 0.0541 e. The Bertz CT molecular complexity index is 2330. The molecule has 6 aromatic carbocycles. The molecule has 1 aliphatic rings. The van der Waals surface area contributed by atoms with Gasteiger partial charge in [0.15, 0.2) is 0 Å². The summed E-state index contributed by atoms with van der Waals surface area (Å²) in [6, 6.07) is 53.1. The molecule has 9 rings (SSSR count). The lowest BCUT2D eigenvalue weighted by atomic mass is 9.94. The van der Waals surface area contributed by atoms with Gasteiger partial charge >= 0.3 is 0 Å². The summed E-state index contributed by atoms with van der Waals surface area (Å²) < 4.78 is 4.92. The topological polar surface area (TPSA) is 9.86 Å². The molecule has 2 aromatic heterocycles. The molecule has 0 radical (unpaired) electrons. The van der Waals surface area contributed by atoms with Gasteiger partial charge in [0.25, 0.3) is 0 Å². The van der Waals surface area contributed by atoms with E-state index in [-0.39, 0.29) is 0 Å². The highest BCUT2D eigenvalue weighted by Gasteiger charge is 2.21. The fourth-order valence-corrected chi connectivity index (χ4v) is 7.28. The Labute approximate surface area is 256 Å². The molecule has 0 saturated heterocycles. The van der Waals surface area contributed by atoms with Crippen LogP contribution in [0, 0.1) is 0 Å². The lowest BCUT2D eigenvalue weighted by molar-refractivity contribution is 0.967. The number of hydrogen-bond donors (Lipinski definition) is 0. The summed E-state index contributed by atoms with van der Waals surface area (Å²) in [4.78, 5) is 0. The van der Waals surface area contributed by atoms with Crippen molar-refractivity contribution in [3.05, 3.63) is 163 Å². The van der Waals surface area contributed by atoms with E-state index < -0.39 is 0 Å². The van der Waals surface area contributed by atoms with Crippen LogP contribution in [-0.4, -0.2) is 9.13 Å². The first-order valence-corrected chi connectivity index (χ1v) is 15.4. The van der Waals surface area contributed by atoms with Gasteiger partial charge in [-0.25, -0.2) is 0 Å². The average molecular weight is 563 g/mol. The third-order valence-electron chi connectivity index (χ3n) is 9.18. The molecule has 8 aromatic rings. The summed E-state index contributed by atoms with van der Waals surface area (Å²) in [6.07, 6.45) is 6.79. The van der Waals surface area contributed by atoms with Crippen LogP contribution in [0.25, 0.3) is 72.4 Å². The van der Waals surface area contributed by atoms with Gasteiger partial charge in [0.05, 0.1) is 16.6 Å². The van der Waals surface area contributed by atoms with Crippen molar-refractivity contribution in [2.45, 2.75) is 12.8 Å². The predicted molar refractivity (Wildman–Crippen MR) is 186 cm³/mol.